The van der Waals surface area contributed by atoms with E-state index in [1.165, 1.54) is 0 Å². The van der Waals surface area contributed by atoms with Crippen molar-refractivity contribution in [2.45, 2.75) is 32.4 Å². The molecular formula is C16H24ClN3O4. The molecule has 8 heteroatoms. The number of carbonyl (C=O) groups is 3. The maximum atomic E-state index is 11.9. The van der Waals surface area contributed by atoms with Crippen molar-refractivity contribution in [3.63, 3.8) is 0 Å². The summed E-state index contributed by atoms with van der Waals surface area (Å²) in [6.07, 6.45) is -0.211. The molecule has 0 aliphatic heterocycles. The SMILES string of the molecule is CC(C)OC(=O)CC(NC(=O)CNC(=O)CN)c1ccccc1.Cl. The summed E-state index contributed by atoms with van der Waals surface area (Å²) in [6, 6.07) is 8.58. The Labute approximate surface area is 147 Å². The average molecular weight is 358 g/mol. The van der Waals surface area contributed by atoms with Crippen molar-refractivity contribution >= 4 is 30.2 Å². The Morgan fingerprint density at radius 2 is 1.75 bits per heavy atom. The van der Waals surface area contributed by atoms with Crippen molar-refractivity contribution in [1.29, 1.82) is 0 Å². The van der Waals surface area contributed by atoms with E-state index in [9.17, 15) is 14.4 Å². The Bertz CT molecular complexity index is 537. The first-order valence-electron chi connectivity index (χ1n) is 7.43. The summed E-state index contributed by atoms with van der Waals surface area (Å²) in [5.74, 6) is -1.23. The van der Waals surface area contributed by atoms with Crippen LogP contribution < -0.4 is 16.4 Å². The van der Waals surface area contributed by atoms with Crippen molar-refractivity contribution in [1.82, 2.24) is 10.6 Å². The zero-order chi connectivity index (χ0) is 17.2. The van der Waals surface area contributed by atoms with Crippen molar-refractivity contribution in [3.05, 3.63) is 35.9 Å². The van der Waals surface area contributed by atoms with Gasteiger partial charge in [0.15, 0.2) is 0 Å². The van der Waals surface area contributed by atoms with Crippen LogP contribution in [0.15, 0.2) is 30.3 Å². The topological polar surface area (TPSA) is 111 Å². The minimum atomic E-state index is -0.523. The molecule has 1 rings (SSSR count). The molecule has 1 aromatic rings. The first-order chi connectivity index (χ1) is 10.9. The minimum Gasteiger partial charge on any atom is -0.463 e. The number of esters is 1. The Balaban J connectivity index is 0.00000529. The van der Waals surface area contributed by atoms with E-state index >= 15 is 0 Å². The minimum absolute atomic E-state index is 0. The van der Waals surface area contributed by atoms with E-state index in [2.05, 4.69) is 10.6 Å². The summed E-state index contributed by atoms with van der Waals surface area (Å²) in [4.78, 5) is 34.9. The van der Waals surface area contributed by atoms with Gasteiger partial charge in [0.1, 0.15) is 0 Å². The third-order valence-corrected chi connectivity index (χ3v) is 2.91. The zero-order valence-electron chi connectivity index (χ0n) is 13.8. The highest BCUT2D eigenvalue weighted by atomic mass is 35.5. The number of nitrogens with two attached hydrogens (primary N) is 1. The highest BCUT2D eigenvalue weighted by Gasteiger charge is 2.20. The third kappa shape index (κ3) is 8.50. The molecule has 0 aliphatic carbocycles. The number of ether oxygens (including phenoxy) is 1. The van der Waals surface area contributed by atoms with E-state index in [1.54, 1.807) is 13.8 Å². The first kappa shape index (κ1) is 21.9. The molecule has 0 heterocycles. The lowest BCUT2D eigenvalue weighted by Crippen LogP contribution is -2.41. The molecule has 0 bridgehead atoms. The molecule has 7 nitrogen and oxygen atoms in total. The van der Waals surface area contributed by atoms with Crippen LogP contribution in [0.3, 0.4) is 0 Å². The molecule has 0 aliphatic rings. The number of rotatable bonds is 8. The normalized spacial score (nSPS) is 11.2. The molecule has 1 unspecified atom stereocenters. The second kappa shape index (κ2) is 11.4. The van der Waals surface area contributed by atoms with Crippen LogP contribution >= 0.6 is 12.4 Å². The highest BCUT2D eigenvalue weighted by molar-refractivity contribution is 5.86. The summed E-state index contributed by atoms with van der Waals surface area (Å²) in [6.45, 7) is 3.14. The van der Waals surface area contributed by atoms with E-state index in [0.29, 0.717) is 0 Å². The van der Waals surface area contributed by atoms with Gasteiger partial charge in [-0.25, -0.2) is 0 Å². The van der Waals surface area contributed by atoms with Gasteiger partial charge < -0.3 is 21.1 Å². The smallest absolute Gasteiger partial charge is 0.308 e. The Kier molecular flexibility index (Phi) is 10.4. The van der Waals surface area contributed by atoms with Gasteiger partial charge in [0.25, 0.3) is 0 Å². The Hall–Kier alpha value is -2.12. The van der Waals surface area contributed by atoms with Crippen LogP contribution in [0.4, 0.5) is 0 Å². The molecule has 4 N–H and O–H groups in total. The standard InChI is InChI=1S/C16H23N3O4.ClH/c1-11(2)23-16(22)8-13(12-6-4-3-5-7-12)19-15(21)10-18-14(20)9-17;/h3-7,11,13H,8-10,17H2,1-2H3,(H,18,20)(H,19,21);1H. The lowest BCUT2D eigenvalue weighted by atomic mass is 10.0. The van der Waals surface area contributed by atoms with Gasteiger partial charge in [-0.1, -0.05) is 30.3 Å². The molecule has 24 heavy (non-hydrogen) atoms. The maximum absolute atomic E-state index is 11.9. The van der Waals surface area contributed by atoms with E-state index in [4.69, 9.17) is 10.5 Å². The van der Waals surface area contributed by atoms with Gasteiger partial charge in [-0.05, 0) is 19.4 Å². The molecule has 1 atom stereocenters. The number of hydrogen-bond acceptors (Lipinski definition) is 5. The van der Waals surface area contributed by atoms with Gasteiger partial charge >= 0.3 is 5.97 Å². The lowest BCUT2D eigenvalue weighted by molar-refractivity contribution is -0.148. The van der Waals surface area contributed by atoms with Gasteiger partial charge in [0.2, 0.25) is 11.8 Å². The molecule has 0 aromatic heterocycles. The summed E-state index contributed by atoms with van der Waals surface area (Å²) in [5, 5.41) is 5.10. The second-order valence-electron chi connectivity index (χ2n) is 5.25. The number of carbonyl (C=O) groups excluding carboxylic acids is 3. The van der Waals surface area contributed by atoms with Crippen LogP contribution in [0.25, 0.3) is 0 Å². The van der Waals surface area contributed by atoms with Crippen LogP contribution in [0, 0.1) is 0 Å². The van der Waals surface area contributed by atoms with Crippen molar-refractivity contribution in [3.8, 4) is 0 Å². The highest BCUT2D eigenvalue weighted by Crippen LogP contribution is 2.17. The zero-order valence-corrected chi connectivity index (χ0v) is 14.6. The molecule has 0 saturated heterocycles. The largest absolute Gasteiger partial charge is 0.463 e. The van der Waals surface area contributed by atoms with Crippen LogP contribution in [-0.4, -0.2) is 37.0 Å². The van der Waals surface area contributed by atoms with Gasteiger partial charge in [-0.3, -0.25) is 14.4 Å². The fourth-order valence-corrected chi connectivity index (χ4v) is 1.91. The van der Waals surface area contributed by atoms with Gasteiger partial charge in [-0.15, -0.1) is 12.4 Å². The molecule has 2 amide bonds. The predicted molar refractivity (Wildman–Crippen MR) is 92.5 cm³/mol. The fourth-order valence-electron chi connectivity index (χ4n) is 1.91. The summed E-state index contributed by atoms with van der Waals surface area (Å²) < 4.78 is 5.12. The number of hydrogen-bond donors (Lipinski definition) is 3. The summed E-state index contributed by atoms with van der Waals surface area (Å²) in [5.41, 5.74) is 5.94. The average Bonchev–Trinajstić information content (AvgIpc) is 2.52. The van der Waals surface area contributed by atoms with Crippen molar-refractivity contribution in [2.75, 3.05) is 13.1 Å². The Morgan fingerprint density at radius 3 is 2.29 bits per heavy atom. The number of amides is 2. The fraction of sp³-hybridized carbons (Fsp3) is 0.438. The molecule has 0 fully saturated rings. The molecular weight excluding hydrogens is 334 g/mol. The van der Waals surface area contributed by atoms with Gasteiger partial charge in [-0.2, -0.15) is 0 Å². The predicted octanol–water partition coefficient (Wildman–Crippen LogP) is 0.682. The monoisotopic (exact) mass is 357 g/mol. The first-order valence-corrected chi connectivity index (χ1v) is 7.43. The van der Waals surface area contributed by atoms with E-state index in [1.807, 2.05) is 30.3 Å². The van der Waals surface area contributed by atoms with Crippen LogP contribution in [0.2, 0.25) is 0 Å². The molecule has 0 saturated carbocycles. The van der Waals surface area contributed by atoms with E-state index in [0.717, 1.165) is 5.56 Å². The molecule has 0 radical (unpaired) electrons. The summed E-state index contributed by atoms with van der Waals surface area (Å²) >= 11 is 0. The van der Waals surface area contributed by atoms with Crippen molar-refractivity contribution < 1.29 is 19.1 Å². The van der Waals surface area contributed by atoms with E-state index < -0.39 is 23.8 Å². The van der Waals surface area contributed by atoms with Gasteiger partial charge in [0, 0.05) is 0 Å². The molecule has 0 spiro atoms. The van der Waals surface area contributed by atoms with Crippen molar-refractivity contribution in [2.24, 2.45) is 5.73 Å². The van der Waals surface area contributed by atoms with Crippen LogP contribution in [-0.2, 0) is 19.1 Å². The lowest BCUT2D eigenvalue weighted by Gasteiger charge is -2.19. The van der Waals surface area contributed by atoms with Crippen LogP contribution in [0.1, 0.15) is 31.9 Å². The molecule has 134 valence electrons. The second-order valence-corrected chi connectivity index (χ2v) is 5.25. The summed E-state index contributed by atoms with van der Waals surface area (Å²) in [7, 11) is 0. The maximum Gasteiger partial charge on any atom is 0.308 e. The van der Waals surface area contributed by atoms with Crippen LogP contribution in [0.5, 0.6) is 0 Å². The Morgan fingerprint density at radius 1 is 1.12 bits per heavy atom. The number of nitrogens with one attached hydrogen (secondary N) is 2. The van der Waals surface area contributed by atoms with E-state index in [-0.39, 0.29) is 38.0 Å². The molecule has 1 aromatic carbocycles. The number of benzene rings is 1. The quantitative estimate of drug-likeness (QED) is 0.592. The third-order valence-electron chi connectivity index (χ3n) is 2.91. The van der Waals surface area contributed by atoms with Gasteiger partial charge in [0.05, 0.1) is 31.7 Å². The number of halogens is 1.